The van der Waals surface area contributed by atoms with Gasteiger partial charge in [0.2, 0.25) is 0 Å². The fourth-order valence-electron chi connectivity index (χ4n) is 3.44. The van der Waals surface area contributed by atoms with Crippen LogP contribution in [0.25, 0.3) is 10.9 Å². The molecule has 1 amide bonds. The van der Waals surface area contributed by atoms with Crippen LogP contribution in [0.3, 0.4) is 0 Å². The van der Waals surface area contributed by atoms with Gasteiger partial charge in [-0.3, -0.25) is 9.78 Å². The summed E-state index contributed by atoms with van der Waals surface area (Å²) in [6, 6.07) is 6.68. The van der Waals surface area contributed by atoms with Crippen LogP contribution in [0.2, 0.25) is 5.02 Å². The second-order valence-corrected chi connectivity index (χ2v) is 9.48. The van der Waals surface area contributed by atoms with Gasteiger partial charge in [-0.25, -0.2) is 8.42 Å². The molecule has 146 valence electrons. The van der Waals surface area contributed by atoms with Gasteiger partial charge in [0.15, 0.2) is 16.4 Å². The van der Waals surface area contributed by atoms with Crippen LogP contribution in [0.4, 0.5) is 0 Å². The van der Waals surface area contributed by atoms with Crippen LogP contribution >= 0.6 is 11.6 Å². The van der Waals surface area contributed by atoms with E-state index in [9.17, 15) is 13.2 Å². The van der Waals surface area contributed by atoms with Crippen molar-refractivity contribution in [2.75, 3.05) is 18.1 Å². The van der Waals surface area contributed by atoms with Gasteiger partial charge < -0.3 is 9.64 Å². The van der Waals surface area contributed by atoms with E-state index in [1.807, 2.05) is 19.9 Å². The summed E-state index contributed by atoms with van der Waals surface area (Å²) in [4.78, 5) is 18.9. The Morgan fingerprint density at radius 2 is 2.19 bits per heavy atom. The molecule has 0 spiro atoms. The van der Waals surface area contributed by atoms with Gasteiger partial charge >= 0.3 is 0 Å². The fourth-order valence-corrected chi connectivity index (χ4v) is 5.37. The Hall–Kier alpha value is -1.86. The van der Waals surface area contributed by atoms with Crippen LogP contribution in [0.1, 0.15) is 26.7 Å². The number of hydrogen-bond acceptors (Lipinski definition) is 5. The molecular formula is C19H23ClN2O4S. The summed E-state index contributed by atoms with van der Waals surface area (Å²) in [7, 11) is -3.08. The average molecular weight is 411 g/mol. The molecule has 0 aliphatic carbocycles. The highest BCUT2D eigenvalue weighted by molar-refractivity contribution is 7.91. The Balaban J connectivity index is 1.78. The lowest BCUT2D eigenvalue weighted by Gasteiger charge is -2.33. The lowest BCUT2D eigenvalue weighted by molar-refractivity contribution is -0.137. The molecule has 0 bridgehead atoms. The lowest BCUT2D eigenvalue weighted by atomic mass is 10.1. The first kappa shape index (κ1) is 19.9. The number of ether oxygens (including phenoxy) is 1. The zero-order valence-electron chi connectivity index (χ0n) is 15.4. The molecule has 8 heteroatoms. The highest BCUT2D eigenvalue weighted by atomic mass is 35.5. The molecule has 0 saturated carbocycles. The molecule has 2 heterocycles. The first-order valence-electron chi connectivity index (χ1n) is 9.00. The minimum Gasteiger partial charge on any atom is -0.481 e. The molecule has 0 unspecified atom stereocenters. The predicted octanol–water partition coefficient (Wildman–Crippen LogP) is 3.08. The number of nitrogens with zero attached hydrogens (tertiary/aromatic N) is 2. The maximum atomic E-state index is 12.9. The van der Waals surface area contributed by atoms with Crippen molar-refractivity contribution in [1.82, 2.24) is 9.88 Å². The van der Waals surface area contributed by atoms with Crippen LogP contribution < -0.4 is 4.74 Å². The number of carbonyl (C=O) groups is 1. The number of fused-ring (bicyclic) bond motifs is 1. The number of benzene rings is 1. The molecule has 0 radical (unpaired) electrons. The van der Waals surface area contributed by atoms with Gasteiger partial charge in [-0.1, -0.05) is 18.5 Å². The van der Waals surface area contributed by atoms with Gasteiger partial charge in [0.1, 0.15) is 11.3 Å². The Morgan fingerprint density at radius 1 is 1.41 bits per heavy atom. The van der Waals surface area contributed by atoms with Crippen LogP contribution in [0, 0.1) is 0 Å². The molecule has 1 aromatic heterocycles. The van der Waals surface area contributed by atoms with E-state index in [0.717, 1.165) is 11.8 Å². The van der Waals surface area contributed by atoms with Crippen molar-refractivity contribution in [3.63, 3.8) is 0 Å². The topological polar surface area (TPSA) is 76.6 Å². The zero-order chi connectivity index (χ0) is 19.6. The number of aromatic nitrogens is 1. The molecular weight excluding hydrogens is 388 g/mol. The Labute approximate surface area is 164 Å². The summed E-state index contributed by atoms with van der Waals surface area (Å²) in [6.07, 6.45) is 2.86. The number of hydrogen-bond donors (Lipinski definition) is 0. The number of carbonyl (C=O) groups excluding carboxylic acids is 1. The van der Waals surface area contributed by atoms with E-state index in [2.05, 4.69) is 4.98 Å². The van der Waals surface area contributed by atoms with Crippen molar-refractivity contribution < 1.29 is 17.9 Å². The molecule has 0 N–H and O–H groups in total. The lowest BCUT2D eigenvalue weighted by Crippen LogP contribution is -2.48. The number of amides is 1. The molecule has 6 nitrogen and oxygen atoms in total. The Morgan fingerprint density at radius 3 is 2.85 bits per heavy atom. The maximum absolute atomic E-state index is 12.9. The molecule has 3 rings (SSSR count). The molecule has 1 fully saturated rings. The van der Waals surface area contributed by atoms with Crippen LogP contribution in [-0.2, 0) is 14.6 Å². The quantitative estimate of drug-likeness (QED) is 0.731. The zero-order valence-corrected chi connectivity index (χ0v) is 17.0. The maximum Gasteiger partial charge on any atom is 0.261 e. The van der Waals surface area contributed by atoms with Crippen LogP contribution in [0.15, 0.2) is 30.5 Å². The van der Waals surface area contributed by atoms with Crippen LogP contribution in [-0.4, -0.2) is 54.4 Å². The monoisotopic (exact) mass is 410 g/mol. The van der Waals surface area contributed by atoms with Crippen molar-refractivity contribution in [2.24, 2.45) is 0 Å². The third kappa shape index (κ3) is 4.35. The van der Waals surface area contributed by atoms with Crippen molar-refractivity contribution >= 4 is 38.2 Å². The highest BCUT2D eigenvalue weighted by Gasteiger charge is 2.36. The SMILES string of the molecule is CC[C@H](C)N(C(=O)COc1ccc(Cl)c2cccnc12)[C@H]1CCS(=O)(=O)C1. The number of pyridine rings is 1. The summed E-state index contributed by atoms with van der Waals surface area (Å²) in [5.41, 5.74) is 0.594. The van der Waals surface area contributed by atoms with Crippen molar-refractivity contribution in [3.8, 4) is 5.75 Å². The Kier molecular flexibility index (Phi) is 5.91. The summed E-state index contributed by atoms with van der Waals surface area (Å²) in [5.74, 6) is 0.413. The van der Waals surface area contributed by atoms with Gasteiger partial charge in [0.05, 0.1) is 16.5 Å². The molecule has 2 aromatic rings. The average Bonchev–Trinajstić information content (AvgIpc) is 3.00. The van der Waals surface area contributed by atoms with Crippen molar-refractivity contribution in [1.29, 1.82) is 0 Å². The summed E-state index contributed by atoms with van der Waals surface area (Å²) in [5, 5.41) is 1.32. The summed E-state index contributed by atoms with van der Waals surface area (Å²) in [6.45, 7) is 3.74. The van der Waals surface area contributed by atoms with Crippen molar-refractivity contribution in [2.45, 2.75) is 38.8 Å². The largest absolute Gasteiger partial charge is 0.481 e. The van der Waals surface area contributed by atoms with E-state index < -0.39 is 9.84 Å². The highest BCUT2D eigenvalue weighted by Crippen LogP contribution is 2.30. The smallest absolute Gasteiger partial charge is 0.261 e. The van der Waals surface area contributed by atoms with Gasteiger partial charge in [-0.2, -0.15) is 0 Å². The van der Waals surface area contributed by atoms with E-state index >= 15 is 0 Å². The molecule has 1 saturated heterocycles. The van der Waals surface area contributed by atoms with E-state index in [1.54, 1.807) is 29.3 Å². The second-order valence-electron chi connectivity index (χ2n) is 6.85. The molecule has 27 heavy (non-hydrogen) atoms. The second kappa shape index (κ2) is 8.02. The normalized spacial score (nSPS) is 19.7. The van der Waals surface area contributed by atoms with E-state index in [0.29, 0.717) is 22.7 Å². The first-order chi connectivity index (χ1) is 12.8. The van der Waals surface area contributed by atoms with Gasteiger partial charge in [0, 0.05) is 23.7 Å². The molecule has 1 aromatic carbocycles. The molecule has 1 aliphatic rings. The van der Waals surface area contributed by atoms with E-state index in [-0.39, 0.29) is 36.1 Å². The molecule has 1 aliphatic heterocycles. The minimum absolute atomic E-state index is 0.0223. The summed E-state index contributed by atoms with van der Waals surface area (Å²) >= 11 is 6.19. The van der Waals surface area contributed by atoms with Gasteiger partial charge in [0.25, 0.3) is 5.91 Å². The predicted molar refractivity (Wildman–Crippen MR) is 106 cm³/mol. The molecule has 2 atom stereocenters. The van der Waals surface area contributed by atoms with Gasteiger partial charge in [-0.15, -0.1) is 0 Å². The van der Waals surface area contributed by atoms with E-state index in [4.69, 9.17) is 16.3 Å². The van der Waals surface area contributed by atoms with E-state index in [1.165, 1.54) is 0 Å². The third-order valence-corrected chi connectivity index (χ3v) is 7.07. The summed E-state index contributed by atoms with van der Waals surface area (Å²) < 4.78 is 29.5. The minimum atomic E-state index is -3.08. The fraction of sp³-hybridized carbons (Fsp3) is 0.474. The number of rotatable bonds is 6. The third-order valence-electron chi connectivity index (χ3n) is 4.99. The number of sulfone groups is 1. The standard InChI is InChI=1S/C19H23ClN2O4S/c1-3-13(2)22(14-8-10-27(24,25)12-14)18(23)11-26-17-7-6-16(20)15-5-4-9-21-19(15)17/h4-7,9,13-14H,3,8,10-12H2,1-2H3/t13-,14-/m0/s1. The first-order valence-corrected chi connectivity index (χ1v) is 11.2. The van der Waals surface area contributed by atoms with Crippen molar-refractivity contribution in [3.05, 3.63) is 35.5 Å². The Bertz CT molecular complexity index is 948. The number of halogens is 1. The van der Waals surface area contributed by atoms with Crippen LogP contribution in [0.5, 0.6) is 5.75 Å². The van der Waals surface area contributed by atoms with Gasteiger partial charge in [-0.05, 0) is 44.0 Å².